The normalized spacial score (nSPS) is 15.0. The number of ether oxygens (including phenoxy) is 3. The second kappa shape index (κ2) is 8.69. The third kappa shape index (κ3) is 4.15. The highest BCUT2D eigenvalue weighted by Gasteiger charge is 2.28. The standard InChI is InChI=1S/C21H22ClNO6/c1-12(2)17-11-29-19-9-20(28-6-4-5-24)15(22)7-13(19)16-8-18(25)14(10-23(16)17)21(26)27-3/h5,7-10,12,17H,4,6,11H2,1-3H3/t17-/m0/s1. The van der Waals surface area contributed by atoms with Crippen molar-refractivity contribution in [3.05, 3.63) is 45.2 Å². The SMILES string of the molecule is COC(=O)c1cn2c(cc1=O)-c1cc(Cl)c(OCCC=O)cc1OC[C@H]2C(C)C. The molecule has 0 bridgehead atoms. The summed E-state index contributed by atoms with van der Waals surface area (Å²) < 4.78 is 18.2. The molecule has 0 saturated heterocycles. The van der Waals surface area contributed by atoms with Gasteiger partial charge < -0.3 is 23.6 Å². The van der Waals surface area contributed by atoms with Gasteiger partial charge in [-0.05, 0) is 12.0 Å². The molecular formula is C21H22ClNO6. The molecule has 1 atom stereocenters. The van der Waals surface area contributed by atoms with Crippen LogP contribution in [0.1, 0.15) is 36.7 Å². The largest absolute Gasteiger partial charge is 0.491 e. The summed E-state index contributed by atoms with van der Waals surface area (Å²) >= 11 is 6.37. The molecule has 0 fully saturated rings. The number of carbonyl (C=O) groups excluding carboxylic acids is 2. The number of hydrogen-bond donors (Lipinski definition) is 0. The Morgan fingerprint density at radius 1 is 1.38 bits per heavy atom. The molecule has 2 heterocycles. The molecular weight excluding hydrogens is 398 g/mol. The van der Waals surface area contributed by atoms with E-state index in [2.05, 4.69) is 0 Å². The number of aromatic nitrogens is 1. The number of methoxy groups -OCH3 is 1. The fraction of sp³-hybridized carbons (Fsp3) is 0.381. The number of aldehydes is 1. The molecule has 0 unspecified atom stereocenters. The number of fused-ring (bicyclic) bond motifs is 3. The fourth-order valence-electron chi connectivity index (χ4n) is 3.25. The maximum Gasteiger partial charge on any atom is 0.343 e. The summed E-state index contributed by atoms with van der Waals surface area (Å²) in [5.74, 6) is 0.387. The molecule has 0 amide bonds. The molecule has 0 N–H and O–H groups in total. The Morgan fingerprint density at radius 2 is 2.14 bits per heavy atom. The molecule has 1 aromatic carbocycles. The number of halogens is 1. The van der Waals surface area contributed by atoms with E-state index >= 15 is 0 Å². The van der Waals surface area contributed by atoms with Crippen LogP contribution in [0.2, 0.25) is 5.02 Å². The number of rotatable bonds is 6. The second-order valence-electron chi connectivity index (χ2n) is 7.04. The van der Waals surface area contributed by atoms with Crippen molar-refractivity contribution in [1.82, 2.24) is 4.57 Å². The molecule has 0 spiro atoms. The van der Waals surface area contributed by atoms with E-state index in [1.165, 1.54) is 19.4 Å². The van der Waals surface area contributed by atoms with Crippen molar-refractivity contribution < 1.29 is 23.8 Å². The van der Waals surface area contributed by atoms with Crippen molar-refractivity contribution in [2.75, 3.05) is 20.3 Å². The summed E-state index contributed by atoms with van der Waals surface area (Å²) in [6.45, 7) is 4.60. The lowest BCUT2D eigenvalue weighted by molar-refractivity contribution is -0.108. The Morgan fingerprint density at radius 3 is 2.79 bits per heavy atom. The lowest BCUT2D eigenvalue weighted by atomic mass is 10.0. The van der Waals surface area contributed by atoms with Crippen molar-refractivity contribution in [3.63, 3.8) is 0 Å². The molecule has 3 rings (SSSR count). The van der Waals surface area contributed by atoms with Gasteiger partial charge in [-0.25, -0.2) is 4.79 Å². The van der Waals surface area contributed by atoms with Gasteiger partial charge in [0.1, 0.15) is 30.0 Å². The van der Waals surface area contributed by atoms with Gasteiger partial charge in [-0.15, -0.1) is 0 Å². The lowest BCUT2D eigenvalue weighted by Crippen LogP contribution is -2.26. The van der Waals surface area contributed by atoms with Crippen molar-refractivity contribution in [2.24, 2.45) is 5.92 Å². The van der Waals surface area contributed by atoms with E-state index in [1.54, 1.807) is 12.1 Å². The van der Waals surface area contributed by atoms with Crippen LogP contribution in [0.15, 0.2) is 29.2 Å². The fourth-order valence-corrected chi connectivity index (χ4v) is 3.47. The highest BCUT2D eigenvalue weighted by molar-refractivity contribution is 6.32. The Kier molecular flexibility index (Phi) is 6.27. The summed E-state index contributed by atoms with van der Waals surface area (Å²) in [7, 11) is 1.24. The van der Waals surface area contributed by atoms with E-state index in [-0.39, 0.29) is 30.6 Å². The van der Waals surface area contributed by atoms with E-state index < -0.39 is 11.4 Å². The predicted octanol–water partition coefficient (Wildman–Crippen LogP) is 3.51. The van der Waals surface area contributed by atoms with Crippen LogP contribution in [-0.2, 0) is 9.53 Å². The molecule has 8 heteroatoms. The molecule has 0 aliphatic carbocycles. The number of benzene rings is 1. The number of pyridine rings is 1. The van der Waals surface area contributed by atoms with Crippen LogP contribution < -0.4 is 14.9 Å². The minimum Gasteiger partial charge on any atom is -0.491 e. The van der Waals surface area contributed by atoms with Crippen LogP contribution in [-0.4, -0.2) is 37.1 Å². The lowest BCUT2D eigenvalue weighted by Gasteiger charge is -2.24. The zero-order chi connectivity index (χ0) is 21.1. The number of carbonyl (C=O) groups is 2. The van der Waals surface area contributed by atoms with Crippen LogP contribution in [0.3, 0.4) is 0 Å². The van der Waals surface area contributed by atoms with E-state index in [0.29, 0.717) is 34.4 Å². The first-order valence-corrected chi connectivity index (χ1v) is 9.62. The van der Waals surface area contributed by atoms with Crippen LogP contribution in [0.4, 0.5) is 0 Å². The van der Waals surface area contributed by atoms with Gasteiger partial charge in [0, 0.05) is 30.3 Å². The Hall–Kier alpha value is -2.80. The van der Waals surface area contributed by atoms with Gasteiger partial charge in [0.25, 0.3) is 0 Å². The molecule has 7 nitrogen and oxygen atoms in total. The molecule has 0 radical (unpaired) electrons. The van der Waals surface area contributed by atoms with Gasteiger partial charge in [0.2, 0.25) is 0 Å². The minimum absolute atomic E-state index is 0.0368. The number of esters is 1. The maximum atomic E-state index is 12.6. The molecule has 29 heavy (non-hydrogen) atoms. The zero-order valence-electron chi connectivity index (χ0n) is 16.4. The summed E-state index contributed by atoms with van der Waals surface area (Å²) in [6.07, 6.45) is 2.54. The van der Waals surface area contributed by atoms with Gasteiger partial charge >= 0.3 is 5.97 Å². The minimum atomic E-state index is -0.685. The molecule has 1 aromatic heterocycles. The van der Waals surface area contributed by atoms with Crippen molar-refractivity contribution in [3.8, 4) is 22.8 Å². The van der Waals surface area contributed by atoms with E-state index in [0.717, 1.165) is 6.29 Å². The highest BCUT2D eigenvalue weighted by atomic mass is 35.5. The average Bonchev–Trinajstić information content (AvgIpc) is 2.83. The van der Waals surface area contributed by atoms with Gasteiger partial charge in [-0.3, -0.25) is 4.79 Å². The van der Waals surface area contributed by atoms with Gasteiger partial charge in [-0.2, -0.15) is 0 Å². The van der Waals surface area contributed by atoms with E-state index in [9.17, 15) is 14.4 Å². The van der Waals surface area contributed by atoms with Crippen molar-refractivity contribution >= 4 is 23.9 Å². The smallest absolute Gasteiger partial charge is 0.343 e. The first-order chi connectivity index (χ1) is 13.9. The molecule has 1 aliphatic heterocycles. The summed E-state index contributed by atoms with van der Waals surface area (Å²) in [5, 5.41) is 0.331. The Labute approximate surface area is 173 Å². The topological polar surface area (TPSA) is 83.8 Å². The third-order valence-corrected chi connectivity index (χ3v) is 5.12. The first-order valence-electron chi connectivity index (χ1n) is 9.25. The monoisotopic (exact) mass is 419 g/mol. The Bertz CT molecular complexity index is 997. The van der Waals surface area contributed by atoms with Crippen LogP contribution in [0, 0.1) is 5.92 Å². The van der Waals surface area contributed by atoms with E-state index in [4.69, 9.17) is 25.8 Å². The summed E-state index contributed by atoms with van der Waals surface area (Å²) in [5.41, 5.74) is 0.732. The quantitative estimate of drug-likeness (QED) is 0.404. The summed E-state index contributed by atoms with van der Waals surface area (Å²) in [6, 6.07) is 4.60. The second-order valence-corrected chi connectivity index (χ2v) is 7.45. The number of nitrogens with zero attached hydrogens (tertiary/aromatic N) is 1. The van der Waals surface area contributed by atoms with Crippen LogP contribution in [0.25, 0.3) is 11.3 Å². The zero-order valence-corrected chi connectivity index (χ0v) is 17.2. The van der Waals surface area contributed by atoms with Gasteiger partial charge in [0.05, 0.1) is 30.5 Å². The first kappa shape index (κ1) is 20.9. The molecule has 2 aromatic rings. The van der Waals surface area contributed by atoms with Gasteiger partial charge in [-0.1, -0.05) is 25.4 Å². The Balaban J connectivity index is 2.17. The number of hydrogen-bond acceptors (Lipinski definition) is 6. The van der Waals surface area contributed by atoms with E-state index in [1.807, 2.05) is 18.4 Å². The van der Waals surface area contributed by atoms with Crippen molar-refractivity contribution in [1.29, 1.82) is 0 Å². The average molecular weight is 420 g/mol. The third-order valence-electron chi connectivity index (χ3n) is 4.82. The van der Waals surface area contributed by atoms with Gasteiger partial charge in [0.15, 0.2) is 5.43 Å². The van der Waals surface area contributed by atoms with Crippen LogP contribution >= 0.6 is 11.6 Å². The molecule has 1 aliphatic rings. The molecule has 0 saturated carbocycles. The van der Waals surface area contributed by atoms with Crippen molar-refractivity contribution in [2.45, 2.75) is 26.3 Å². The van der Waals surface area contributed by atoms with Crippen LogP contribution in [0.5, 0.6) is 11.5 Å². The summed E-state index contributed by atoms with van der Waals surface area (Å²) in [4.78, 5) is 35.1. The maximum absolute atomic E-state index is 12.6. The molecule has 154 valence electrons. The predicted molar refractivity (Wildman–Crippen MR) is 108 cm³/mol. The highest BCUT2D eigenvalue weighted by Crippen LogP contribution is 2.42.